The molecule has 0 saturated heterocycles. The number of amides is 1. The minimum Gasteiger partial charge on any atom is -0.349 e. The summed E-state index contributed by atoms with van der Waals surface area (Å²) < 4.78 is 1.52. The van der Waals surface area contributed by atoms with Gasteiger partial charge in [0.15, 0.2) is 0 Å². The lowest BCUT2D eigenvalue weighted by atomic mass is 10.1. The van der Waals surface area contributed by atoms with Crippen molar-refractivity contribution < 1.29 is 4.79 Å². The van der Waals surface area contributed by atoms with Crippen molar-refractivity contribution in [1.82, 2.24) is 14.5 Å². The van der Waals surface area contributed by atoms with Crippen LogP contribution in [0, 0.1) is 6.92 Å². The molecule has 1 aromatic carbocycles. The summed E-state index contributed by atoms with van der Waals surface area (Å²) in [5.74, 6) is -0.00827. The van der Waals surface area contributed by atoms with Gasteiger partial charge in [0.25, 0.3) is 5.56 Å². The van der Waals surface area contributed by atoms with Crippen molar-refractivity contribution in [3.63, 3.8) is 0 Å². The molecular formula is C18H19N3O2S. The summed E-state index contributed by atoms with van der Waals surface area (Å²) in [6.07, 6.45) is 1.81. The Hall–Kier alpha value is -2.47. The van der Waals surface area contributed by atoms with Crippen LogP contribution in [0.1, 0.15) is 12.0 Å². The first-order valence-electron chi connectivity index (χ1n) is 7.71. The number of thiophene rings is 1. The quantitative estimate of drug-likeness (QED) is 0.733. The summed E-state index contributed by atoms with van der Waals surface area (Å²) in [5, 5.41) is 2.60. The van der Waals surface area contributed by atoms with Gasteiger partial charge in [-0.15, -0.1) is 11.3 Å². The molecule has 0 spiro atoms. The molecular weight excluding hydrogens is 322 g/mol. The number of aromatic nitrogens is 2. The maximum Gasteiger partial charge on any atom is 0.262 e. The van der Waals surface area contributed by atoms with Gasteiger partial charge < -0.3 is 4.90 Å². The molecule has 2 heterocycles. The third-order valence-corrected chi connectivity index (χ3v) is 4.88. The second kappa shape index (κ2) is 6.57. The zero-order chi connectivity index (χ0) is 17.3. The van der Waals surface area contributed by atoms with Crippen molar-refractivity contribution >= 4 is 27.5 Å². The molecule has 0 aliphatic rings. The Morgan fingerprint density at radius 2 is 1.96 bits per heavy atom. The Labute approximate surface area is 144 Å². The van der Waals surface area contributed by atoms with Crippen LogP contribution < -0.4 is 5.56 Å². The number of fused-ring (bicyclic) bond motifs is 1. The molecule has 0 saturated carbocycles. The van der Waals surface area contributed by atoms with Crippen LogP contribution in [-0.2, 0) is 11.3 Å². The normalized spacial score (nSPS) is 11.0. The van der Waals surface area contributed by atoms with E-state index in [2.05, 4.69) is 4.98 Å². The van der Waals surface area contributed by atoms with Crippen LogP contribution in [0.3, 0.4) is 0 Å². The van der Waals surface area contributed by atoms with E-state index in [-0.39, 0.29) is 17.9 Å². The van der Waals surface area contributed by atoms with Crippen molar-refractivity contribution in [2.45, 2.75) is 19.9 Å². The zero-order valence-electron chi connectivity index (χ0n) is 13.9. The molecule has 0 unspecified atom stereocenters. The first-order chi connectivity index (χ1) is 11.5. The number of carbonyl (C=O) groups is 1. The molecule has 0 fully saturated rings. The fraction of sp³-hybridized carbons (Fsp3) is 0.278. The van der Waals surface area contributed by atoms with Crippen molar-refractivity contribution in [3.8, 4) is 11.1 Å². The monoisotopic (exact) mass is 341 g/mol. The van der Waals surface area contributed by atoms with Gasteiger partial charge in [-0.3, -0.25) is 14.2 Å². The lowest BCUT2D eigenvalue weighted by Crippen LogP contribution is -2.26. The van der Waals surface area contributed by atoms with Gasteiger partial charge in [-0.25, -0.2) is 4.98 Å². The van der Waals surface area contributed by atoms with Crippen LogP contribution in [0.15, 0.2) is 40.8 Å². The Morgan fingerprint density at radius 3 is 2.62 bits per heavy atom. The average molecular weight is 341 g/mol. The summed E-state index contributed by atoms with van der Waals surface area (Å²) in [6.45, 7) is 2.37. The fourth-order valence-electron chi connectivity index (χ4n) is 2.51. The van der Waals surface area contributed by atoms with E-state index in [0.29, 0.717) is 11.9 Å². The van der Waals surface area contributed by atoms with Crippen molar-refractivity contribution in [2.75, 3.05) is 14.1 Å². The van der Waals surface area contributed by atoms with Gasteiger partial charge in [0, 0.05) is 38.0 Å². The van der Waals surface area contributed by atoms with Gasteiger partial charge in [-0.05, 0) is 12.5 Å². The first kappa shape index (κ1) is 16.4. The van der Waals surface area contributed by atoms with E-state index in [9.17, 15) is 9.59 Å². The number of hydrogen-bond acceptors (Lipinski definition) is 4. The number of aryl methyl sites for hydroxylation is 2. The molecule has 0 aliphatic carbocycles. The Kier molecular flexibility index (Phi) is 4.49. The Balaban J connectivity index is 2.01. The predicted octanol–water partition coefficient (Wildman–Crippen LogP) is 2.91. The minimum absolute atomic E-state index is 0.00827. The topological polar surface area (TPSA) is 55.2 Å². The van der Waals surface area contributed by atoms with Gasteiger partial charge in [0.1, 0.15) is 4.83 Å². The van der Waals surface area contributed by atoms with Crippen LogP contribution in [0.25, 0.3) is 21.3 Å². The number of hydrogen-bond donors (Lipinski definition) is 0. The largest absolute Gasteiger partial charge is 0.349 e. The third-order valence-electron chi connectivity index (χ3n) is 3.99. The lowest BCUT2D eigenvalue weighted by Gasteiger charge is -2.11. The average Bonchev–Trinajstić information content (AvgIpc) is 2.99. The van der Waals surface area contributed by atoms with E-state index < -0.39 is 0 Å². The molecule has 0 bridgehead atoms. The molecule has 0 atom stereocenters. The SMILES string of the molecule is Cc1ccc(-c2csc3ncn(CCC(=O)N(C)C)c(=O)c23)cc1. The molecule has 0 N–H and O–H groups in total. The highest BCUT2D eigenvalue weighted by molar-refractivity contribution is 7.17. The molecule has 24 heavy (non-hydrogen) atoms. The second-order valence-electron chi connectivity index (χ2n) is 5.98. The van der Waals surface area contributed by atoms with Crippen molar-refractivity contribution in [2.24, 2.45) is 0 Å². The summed E-state index contributed by atoms with van der Waals surface area (Å²) in [7, 11) is 3.42. The van der Waals surface area contributed by atoms with Crippen LogP contribution in [-0.4, -0.2) is 34.5 Å². The summed E-state index contributed by atoms with van der Waals surface area (Å²) in [5.41, 5.74) is 2.99. The maximum atomic E-state index is 12.8. The van der Waals surface area contributed by atoms with Gasteiger partial charge >= 0.3 is 0 Å². The summed E-state index contributed by atoms with van der Waals surface area (Å²) in [6, 6.07) is 8.10. The van der Waals surface area contributed by atoms with Gasteiger partial charge in [0.2, 0.25) is 5.91 Å². The second-order valence-corrected chi connectivity index (χ2v) is 6.83. The van der Waals surface area contributed by atoms with Crippen LogP contribution in [0.2, 0.25) is 0 Å². The fourth-order valence-corrected chi connectivity index (χ4v) is 3.42. The van der Waals surface area contributed by atoms with E-state index in [1.54, 1.807) is 14.1 Å². The van der Waals surface area contributed by atoms with E-state index in [0.717, 1.165) is 16.0 Å². The number of rotatable bonds is 4. The van der Waals surface area contributed by atoms with Gasteiger partial charge in [-0.2, -0.15) is 0 Å². The van der Waals surface area contributed by atoms with Crippen LogP contribution in [0.4, 0.5) is 0 Å². The Bertz CT molecular complexity index is 939. The lowest BCUT2D eigenvalue weighted by molar-refractivity contribution is -0.128. The molecule has 0 radical (unpaired) electrons. The zero-order valence-corrected chi connectivity index (χ0v) is 14.8. The molecule has 2 aromatic heterocycles. The third kappa shape index (κ3) is 3.10. The molecule has 3 rings (SSSR count). The standard InChI is InChI=1S/C18H19N3O2S/c1-12-4-6-13(7-5-12)14-10-24-17-16(14)18(23)21(11-19-17)9-8-15(22)20(2)3/h4-7,10-11H,8-9H2,1-3H3. The predicted molar refractivity (Wildman–Crippen MR) is 97.4 cm³/mol. The number of nitrogens with zero attached hydrogens (tertiary/aromatic N) is 3. The highest BCUT2D eigenvalue weighted by Gasteiger charge is 2.14. The molecule has 6 heteroatoms. The highest BCUT2D eigenvalue weighted by Crippen LogP contribution is 2.30. The van der Waals surface area contributed by atoms with Crippen molar-refractivity contribution in [3.05, 3.63) is 51.9 Å². The van der Waals surface area contributed by atoms with E-state index in [1.807, 2.05) is 36.6 Å². The van der Waals surface area contributed by atoms with E-state index in [4.69, 9.17) is 0 Å². The first-order valence-corrected chi connectivity index (χ1v) is 8.59. The van der Waals surface area contributed by atoms with Crippen LogP contribution >= 0.6 is 11.3 Å². The van der Waals surface area contributed by atoms with E-state index >= 15 is 0 Å². The molecule has 124 valence electrons. The number of carbonyl (C=O) groups excluding carboxylic acids is 1. The molecule has 1 amide bonds. The Morgan fingerprint density at radius 1 is 1.25 bits per heavy atom. The molecule has 0 aliphatic heterocycles. The minimum atomic E-state index is -0.0941. The van der Waals surface area contributed by atoms with Gasteiger partial charge in [-0.1, -0.05) is 29.8 Å². The maximum absolute atomic E-state index is 12.8. The van der Waals surface area contributed by atoms with E-state index in [1.165, 1.54) is 32.7 Å². The molecule has 3 aromatic rings. The molecule has 5 nitrogen and oxygen atoms in total. The smallest absolute Gasteiger partial charge is 0.262 e. The van der Waals surface area contributed by atoms with Gasteiger partial charge in [0.05, 0.1) is 11.7 Å². The van der Waals surface area contributed by atoms with Crippen molar-refractivity contribution in [1.29, 1.82) is 0 Å². The van der Waals surface area contributed by atoms with Crippen LogP contribution in [0.5, 0.6) is 0 Å². The number of benzene rings is 1. The summed E-state index contributed by atoms with van der Waals surface area (Å²) >= 11 is 1.47. The highest BCUT2D eigenvalue weighted by atomic mass is 32.1. The summed E-state index contributed by atoms with van der Waals surface area (Å²) in [4.78, 5) is 31.2.